The van der Waals surface area contributed by atoms with E-state index in [9.17, 15) is 8.78 Å². The minimum atomic E-state index is -0.551. The van der Waals surface area contributed by atoms with E-state index in [2.05, 4.69) is 19.2 Å². The van der Waals surface area contributed by atoms with E-state index in [-0.39, 0.29) is 12.0 Å². The van der Waals surface area contributed by atoms with Crippen molar-refractivity contribution in [2.45, 2.75) is 39.7 Å². The van der Waals surface area contributed by atoms with Crippen LogP contribution in [0.4, 0.5) is 8.78 Å². The van der Waals surface area contributed by atoms with Crippen LogP contribution in [-0.2, 0) is 6.54 Å². The van der Waals surface area contributed by atoms with E-state index in [1.54, 1.807) is 0 Å². The maximum absolute atomic E-state index is 13.0. The van der Waals surface area contributed by atoms with E-state index in [1.165, 1.54) is 12.1 Å². The Morgan fingerprint density at radius 1 is 1.11 bits per heavy atom. The monoisotopic (exact) mass is 271 g/mol. The van der Waals surface area contributed by atoms with E-state index in [1.807, 2.05) is 0 Å². The summed E-state index contributed by atoms with van der Waals surface area (Å²) in [6.07, 6.45) is 2.67. The maximum atomic E-state index is 13.0. The molecule has 2 N–H and O–H groups in total. The van der Waals surface area contributed by atoms with Crippen LogP contribution in [0, 0.1) is 17.0 Å². The van der Waals surface area contributed by atoms with Gasteiger partial charge in [-0.15, -0.1) is 0 Å². The molecule has 1 aromatic rings. The summed E-state index contributed by atoms with van der Waals surface area (Å²) in [5.74, 6) is -1.10. The van der Waals surface area contributed by atoms with Crippen molar-refractivity contribution in [2.75, 3.05) is 13.2 Å². The molecule has 0 heterocycles. The summed E-state index contributed by atoms with van der Waals surface area (Å²) in [5, 5.41) is 12.4. The zero-order valence-corrected chi connectivity index (χ0v) is 11.7. The van der Waals surface area contributed by atoms with Gasteiger partial charge in [0, 0.05) is 25.8 Å². The van der Waals surface area contributed by atoms with Crippen LogP contribution in [0.2, 0.25) is 0 Å². The number of aliphatic hydroxyl groups is 1. The third-order valence-electron chi connectivity index (χ3n) is 3.89. The molecule has 108 valence electrons. The Bertz CT molecular complexity index is 371. The van der Waals surface area contributed by atoms with Gasteiger partial charge in [-0.25, -0.2) is 8.78 Å². The average molecular weight is 271 g/mol. The highest BCUT2D eigenvalue weighted by molar-refractivity contribution is 5.17. The SMILES string of the molecule is CCC(CC)(CCO)CNCc1cc(F)cc(F)c1. The number of halogens is 2. The lowest BCUT2D eigenvalue weighted by molar-refractivity contribution is 0.163. The van der Waals surface area contributed by atoms with E-state index in [0.717, 1.165) is 31.9 Å². The minimum Gasteiger partial charge on any atom is -0.396 e. The van der Waals surface area contributed by atoms with Gasteiger partial charge in [-0.2, -0.15) is 0 Å². The fourth-order valence-electron chi connectivity index (χ4n) is 2.36. The van der Waals surface area contributed by atoms with Crippen molar-refractivity contribution >= 4 is 0 Å². The molecule has 0 fully saturated rings. The van der Waals surface area contributed by atoms with Crippen molar-refractivity contribution in [1.82, 2.24) is 5.32 Å². The van der Waals surface area contributed by atoms with Gasteiger partial charge in [0.2, 0.25) is 0 Å². The Hall–Kier alpha value is -1.00. The molecule has 0 saturated heterocycles. The van der Waals surface area contributed by atoms with Gasteiger partial charge < -0.3 is 10.4 Å². The molecular formula is C15H23F2NO. The molecule has 0 bridgehead atoms. The van der Waals surface area contributed by atoms with Crippen LogP contribution in [-0.4, -0.2) is 18.3 Å². The summed E-state index contributed by atoms with van der Waals surface area (Å²) in [6.45, 7) is 5.53. The van der Waals surface area contributed by atoms with Crippen LogP contribution in [0.15, 0.2) is 18.2 Å². The number of benzene rings is 1. The largest absolute Gasteiger partial charge is 0.396 e. The van der Waals surface area contributed by atoms with Crippen LogP contribution in [0.3, 0.4) is 0 Å². The lowest BCUT2D eigenvalue weighted by Gasteiger charge is -2.31. The van der Waals surface area contributed by atoms with E-state index in [0.29, 0.717) is 12.1 Å². The van der Waals surface area contributed by atoms with Crippen LogP contribution >= 0.6 is 0 Å². The lowest BCUT2D eigenvalue weighted by Crippen LogP contribution is -2.34. The summed E-state index contributed by atoms with van der Waals surface area (Å²) >= 11 is 0. The highest BCUT2D eigenvalue weighted by Gasteiger charge is 2.24. The molecular weight excluding hydrogens is 248 g/mol. The summed E-state index contributed by atoms with van der Waals surface area (Å²) in [4.78, 5) is 0. The fraction of sp³-hybridized carbons (Fsp3) is 0.600. The Morgan fingerprint density at radius 2 is 1.68 bits per heavy atom. The van der Waals surface area contributed by atoms with Gasteiger partial charge >= 0.3 is 0 Å². The summed E-state index contributed by atoms with van der Waals surface area (Å²) in [7, 11) is 0. The van der Waals surface area contributed by atoms with Crippen molar-refractivity contribution < 1.29 is 13.9 Å². The first-order chi connectivity index (χ1) is 9.05. The second-order valence-electron chi connectivity index (χ2n) is 5.06. The third kappa shape index (κ3) is 4.88. The van der Waals surface area contributed by atoms with Gasteiger partial charge in [-0.05, 0) is 42.4 Å². The van der Waals surface area contributed by atoms with E-state index in [4.69, 9.17) is 5.11 Å². The second kappa shape index (κ2) is 7.56. The molecule has 0 aliphatic heterocycles. The quantitative estimate of drug-likeness (QED) is 0.760. The van der Waals surface area contributed by atoms with Gasteiger partial charge in [0.15, 0.2) is 0 Å². The first-order valence-electron chi connectivity index (χ1n) is 6.82. The van der Waals surface area contributed by atoms with Crippen LogP contribution in [0.5, 0.6) is 0 Å². The molecule has 0 aliphatic carbocycles. The molecule has 4 heteroatoms. The van der Waals surface area contributed by atoms with Crippen molar-refractivity contribution in [1.29, 1.82) is 0 Å². The van der Waals surface area contributed by atoms with Crippen molar-refractivity contribution in [3.63, 3.8) is 0 Å². The van der Waals surface area contributed by atoms with Crippen molar-refractivity contribution in [2.24, 2.45) is 5.41 Å². The van der Waals surface area contributed by atoms with Gasteiger partial charge in [-0.3, -0.25) is 0 Å². The Labute approximate surface area is 113 Å². The molecule has 0 saturated carbocycles. The van der Waals surface area contributed by atoms with Crippen LogP contribution in [0.1, 0.15) is 38.7 Å². The molecule has 0 radical (unpaired) electrons. The van der Waals surface area contributed by atoms with Gasteiger partial charge in [-0.1, -0.05) is 13.8 Å². The Morgan fingerprint density at radius 3 is 2.16 bits per heavy atom. The lowest BCUT2D eigenvalue weighted by atomic mass is 9.79. The molecule has 0 unspecified atom stereocenters. The van der Waals surface area contributed by atoms with Crippen molar-refractivity contribution in [3.8, 4) is 0 Å². The highest BCUT2D eigenvalue weighted by atomic mass is 19.1. The Balaban J connectivity index is 2.56. The highest BCUT2D eigenvalue weighted by Crippen LogP contribution is 2.29. The van der Waals surface area contributed by atoms with Crippen molar-refractivity contribution in [3.05, 3.63) is 35.4 Å². The number of aliphatic hydroxyl groups excluding tert-OH is 1. The molecule has 0 aromatic heterocycles. The summed E-state index contributed by atoms with van der Waals surface area (Å²) < 4.78 is 26.1. The van der Waals surface area contributed by atoms with E-state index >= 15 is 0 Å². The number of nitrogens with one attached hydrogen (secondary N) is 1. The molecule has 0 aliphatic rings. The van der Waals surface area contributed by atoms with Gasteiger partial charge in [0.25, 0.3) is 0 Å². The van der Waals surface area contributed by atoms with Crippen LogP contribution in [0.25, 0.3) is 0 Å². The van der Waals surface area contributed by atoms with Gasteiger partial charge in [0.05, 0.1) is 0 Å². The summed E-state index contributed by atoms with van der Waals surface area (Å²) in [5.41, 5.74) is 0.656. The van der Waals surface area contributed by atoms with Gasteiger partial charge in [0.1, 0.15) is 11.6 Å². The topological polar surface area (TPSA) is 32.3 Å². The predicted molar refractivity (Wildman–Crippen MR) is 72.8 cm³/mol. The Kier molecular flexibility index (Phi) is 6.38. The molecule has 2 nitrogen and oxygen atoms in total. The first-order valence-corrected chi connectivity index (χ1v) is 6.82. The standard InChI is InChI=1S/C15H23F2NO/c1-3-15(4-2,5-6-19)11-18-10-12-7-13(16)9-14(17)8-12/h7-9,18-19H,3-6,10-11H2,1-2H3. The van der Waals surface area contributed by atoms with Crippen LogP contribution < -0.4 is 5.32 Å². The first kappa shape index (κ1) is 16.1. The zero-order valence-electron chi connectivity index (χ0n) is 11.7. The number of hydrogen-bond donors (Lipinski definition) is 2. The number of hydrogen-bond acceptors (Lipinski definition) is 2. The summed E-state index contributed by atoms with van der Waals surface area (Å²) in [6, 6.07) is 3.54. The smallest absolute Gasteiger partial charge is 0.126 e. The second-order valence-corrected chi connectivity index (χ2v) is 5.06. The normalized spacial score (nSPS) is 11.8. The molecule has 0 amide bonds. The average Bonchev–Trinajstić information content (AvgIpc) is 2.36. The molecule has 0 atom stereocenters. The molecule has 1 rings (SSSR count). The maximum Gasteiger partial charge on any atom is 0.126 e. The van der Waals surface area contributed by atoms with E-state index < -0.39 is 11.6 Å². The zero-order chi connectivity index (χ0) is 14.3. The molecule has 19 heavy (non-hydrogen) atoms. The predicted octanol–water partition coefficient (Wildman–Crippen LogP) is 3.24. The minimum absolute atomic E-state index is 0.0562. The fourth-order valence-corrected chi connectivity index (χ4v) is 2.36. The third-order valence-corrected chi connectivity index (χ3v) is 3.89. The number of rotatable bonds is 8. The molecule has 0 spiro atoms. The molecule has 1 aromatic carbocycles.